The van der Waals surface area contributed by atoms with Crippen LogP contribution in [0.2, 0.25) is 5.02 Å². The van der Waals surface area contributed by atoms with E-state index >= 15 is 0 Å². The molecule has 0 aromatic heterocycles. The Morgan fingerprint density at radius 1 is 1.15 bits per heavy atom. The number of likely N-dealkylation sites (tertiary alicyclic amines) is 1. The third kappa shape index (κ3) is 5.15. The Morgan fingerprint density at radius 2 is 1.85 bits per heavy atom. The van der Waals surface area contributed by atoms with Gasteiger partial charge in [0.2, 0.25) is 5.91 Å². The fourth-order valence-corrected chi connectivity index (χ4v) is 4.42. The van der Waals surface area contributed by atoms with Crippen molar-refractivity contribution >= 4 is 35.8 Å². The minimum atomic E-state index is -0.368. The number of fused-ring (bicyclic) bond motifs is 1. The zero-order chi connectivity index (χ0) is 18.5. The molecule has 1 aromatic carbocycles. The van der Waals surface area contributed by atoms with Crippen LogP contribution < -0.4 is 10.6 Å². The second-order valence-electron chi connectivity index (χ2n) is 7.23. The molecule has 0 spiro atoms. The molecule has 1 saturated heterocycles. The van der Waals surface area contributed by atoms with Crippen LogP contribution >= 0.6 is 24.0 Å². The van der Waals surface area contributed by atoms with Gasteiger partial charge in [-0.1, -0.05) is 31.4 Å². The minimum Gasteiger partial charge on any atom is -0.353 e. The van der Waals surface area contributed by atoms with Crippen molar-refractivity contribution in [3.63, 3.8) is 0 Å². The number of amides is 2. The van der Waals surface area contributed by atoms with Gasteiger partial charge < -0.3 is 15.5 Å². The molecule has 1 aliphatic carbocycles. The van der Waals surface area contributed by atoms with Crippen molar-refractivity contribution in [3.05, 3.63) is 34.9 Å². The predicted molar refractivity (Wildman–Crippen MR) is 111 cm³/mol. The molecule has 2 amide bonds. The molecule has 3 rings (SSSR count). The van der Waals surface area contributed by atoms with E-state index in [0.717, 1.165) is 38.8 Å². The standard InChI is InChI=1S/C20H28ClN3O2.ClH/c1-2-22-11-12-23-19(25)18-13-15-5-3-4-6-17(15)24(18)20(26)14-7-9-16(21)10-8-14;/h7-10,15,17-18,22H,2-6,11-13H2,1H3,(H,23,25);1H. The van der Waals surface area contributed by atoms with Gasteiger partial charge in [0.15, 0.2) is 0 Å². The van der Waals surface area contributed by atoms with E-state index in [0.29, 0.717) is 23.0 Å². The summed E-state index contributed by atoms with van der Waals surface area (Å²) < 4.78 is 0. The largest absolute Gasteiger partial charge is 0.353 e. The second kappa shape index (κ2) is 10.3. The highest BCUT2D eigenvalue weighted by Gasteiger charge is 2.47. The van der Waals surface area contributed by atoms with Crippen LogP contribution in [0.1, 0.15) is 49.4 Å². The lowest BCUT2D eigenvalue weighted by atomic mass is 9.84. The molecule has 1 aliphatic heterocycles. The molecule has 3 atom stereocenters. The molecule has 7 heteroatoms. The number of nitrogens with one attached hydrogen (secondary N) is 2. The molecule has 1 aromatic rings. The van der Waals surface area contributed by atoms with Crippen molar-refractivity contribution in [3.8, 4) is 0 Å². The molecular weight excluding hydrogens is 385 g/mol. The van der Waals surface area contributed by atoms with Gasteiger partial charge in [-0.25, -0.2) is 0 Å². The molecular formula is C20H29Cl2N3O2. The van der Waals surface area contributed by atoms with Crippen LogP contribution in [0.3, 0.4) is 0 Å². The van der Waals surface area contributed by atoms with E-state index in [2.05, 4.69) is 10.6 Å². The highest BCUT2D eigenvalue weighted by molar-refractivity contribution is 6.30. The molecule has 1 heterocycles. The number of benzene rings is 1. The van der Waals surface area contributed by atoms with Gasteiger partial charge in [0.25, 0.3) is 5.91 Å². The zero-order valence-corrected chi connectivity index (χ0v) is 17.3. The SMILES string of the molecule is CCNCCNC(=O)C1CC2CCCCC2N1C(=O)c1ccc(Cl)cc1.Cl. The Labute approximate surface area is 172 Å². The van der Waals surface area contributed by atoms with E-state index in [9.17, 15) is 9.59 Å². The fraction of sp³-hybridized carbons (Fsp3) is 0.600. The van der Waals surface area contributed by atoms with Gasteiger partial charge in [0.1, 0.15) is 6.04 Å². The van der Waals surface area contributed by atoms with Gasteiger partial charge in [-0.3, -0.25) is 9.59 Å². The van der Waals surface area contributed by atoms with Crippen molar-refractivity contribution < 1.29 is 9.59 Å². The number of nitrogens with zero attached hydrogens (tertiary/aromatic N) is 1. The lowest BCUT2D eigenvalue weighted by Gasteiger charge is -2.33. The average Bonchev–Trinajstić information content (AvgIpc) is 3.05. The van der Waals surface area contributed by atoms with Crippen LogP contribution in [0.15, 0.2) is 24.3 Å². The lowest BCUT2D eigenvalue weighted by Crippen LogP contribution is -2.50. The number of hydrogen-bond acceptors (Lipinski definition) is 3. The number of likely N-dealkylation sites (N-methyl/N-ethyl adjacent to an activating group) is 1. The summed E-state index contributed by atoms with van der Waals surface area (Å²) in [6.45, 7) is 4.25. The van der Waals surface area contributed by atoms with Gasteiger partial charge >= 0.3 is 0 Å². The topological polar surface area (TPSA) is 61.4 Å². The zero-order valence-electron chi connectivity index (χ0n) is 15.7. The maximum Gasteiger partial charge on any atom is 0.254 e. The summed E-state index contributed by atoms with van der Waals surface area (Å²) in [7, 11) is 0. The maximum atomic E-state index is 13.2. The van der Waals surface area contributed by atoms with E-state index in [-0.39, 0.29) is 36.3 Å². The quantitative estimate of drug-likeness (QED) is 0.703. The summed E-state index contributed by atoms with van der Waals surface area (Å²) in [5.74, 6) is 0.354. The second-order valence-corrected chi connectivity index (χ2v) is 7.66. The Hall–Kier alpha value is -1.30. The van der Waals surface area contributed by atoms with E-state index < -0.39 is 0 Å². The third-order valence-corrected chi connectivity index (χ3v) is 5.82. The van der Waals surface area contributed by atoms with Gasteiger partial charge in [-0.05, 0) is 56.0 Å². The Kier molecular flexibility index (Phi) is 8.39. The number of carbonyl (C=O) groups is 2. The van der Waals surface area contributed by atoms with Crippen LogP contribution in [0.25, 0.3) is 0 Å². The van der Waals surface area contributed by atoms with Crippen molar-refractivity contribution in [2.45, 2.75) is 51.1 Å². The first kappa shape index (κ1) is 22.0. The van der Waals surface area contributed by atoms with E-state index in [1.807, 2.05) is 11.8 Å². The molecule has 3 unspecified atom stereocenters. The first-order chi connectivity index (χ1) is 12.6. The number of hydrogen-bond donors (Lipinski definition) is 2. The summed E-state index contributed by atoms with van der Waals surface area (Å²) in [5.41, 5.74) is 0.603. The molecule has 2 fully saturated rings. The summed E-state index contributed by atoms with van der Waals surface area (Å²) in [5, 5.41) is 6.81. The highest BCUT2D eigenvalue weighted by atomic mass is 35.5. The van der Waals surface area contributed by atoms with Gasteiger partial charge in [-0.2, -0.15) is 0 Å². The summed E-state index contributed by atoms with van der Waals surface area (Å²) in [6, 6.07) is 6.77. The molecule has 2 N–H and O–H groups in total. The highest BCUT2D eigenvalue weighted by Crippen LogP contribution is 2.40. The van der Waals surface area contributed by atoms with Crippen molar-refractivity contribution in [2.75, 3.05) is 19.6 Å². The van der Waals surface area contributed by atoms with E-state index in [4.69, 9.17) is 11.6 Å². The van der Waals surface area contributed by atoms with Crippen LogP contribution in [0, 0.1) is 5.92 Å². The molecule has 5 nitrogen and oxygen atoms in total. The summed E-state index contributed by atoms with van der Waals surface area (Å²) in [6.07, 6.45) is 5.19. The van der Waals surface area contributed by atoms with Gasteiger partial charge in [0, 0.05) is 29.7 Å². The first-order valence-corrected chi connectivity index (χ1v) is 10.1. The summed E-state index contributed by atoms with van der Waals surface area (Å²) in [4.78, 5) is 27.8. The summed E-state index contributed by atoms with van der Waals surface area (Å²) >= 11 is 5.95. The van der Waals surface area contributed by atoms with Crippen LogP contribution in [0.4, 0.5) is 0 Å². The molecule has 27 heavy (non-hydrogen) atoms. The number of carbonyl (C=O) groups excluding carboxylic acids is 2. The third-order valence-electron chi connectivity index (χ3n) is 5.57. The Bertz CT molecular complexity index is 639. The normalized spacial score (nSPS) is 24.1. The van der Waals surface area contributed by atoms with E-state index in [1.165, 1.54) is 6.42 Å². The average molecular weight is 414 g/mol. The monoisotopic (exact) mass is 413 g/mol. The molecule has 0 bridgehead atoms. The molecule has 1 saturated carbocycles. The molecule has 2 aliphatic rings. The first-order valence-electron chi connectivity index (χ1n) is 9.68. The minimum absolute atomic E-state index is 0. The van der Waals surface area contributed by atoms with Crippen LogP contribution in [-0.2, 0) is 4.79 Å². The van der Waals surface area contributed by atoms with Gasteiger partial charge in [0.05, 0.1) is 0 Å². The Morgan fingerprint density at radius 3 is 2.56 bits per heavy atom. The van der Waals surface area contributed by atoms with Crippen molar-refractivity contribution in [1.82, 2.24) is 15.5 Å². The smallest absolute Gasteiger partial charge is 0.254 e. The van der Waals surface area contributed by atoms with Crippen molar-refractivity contribution in [1.29, 1.82) is 0 Å². The van der Waals surface area contributed by atoms with Crippen molar-refractivity contribution in [2.24, 2.45) is 5.92 Å². The van der Waals surface area contributed by atoms with Gasteiger partial charge in [-0.15, -0.1) is 12.4 Å². The van der Waals surface area contributed by atoms with Crippen LogP contribution in [-0.4, -0.2) is 48.4 Å². The fourth-order valence-electron chi connectivity index (χ4n) is 4.30. The molecule has 0 radical (unpaired) electrons. The predicted octanol–water partition coefficient (Wildman–Crippen LogP) is 3.26. The Balaban J connectivity index is 0.00000261. The lowest BCUT2D eigenvalue weighted by molar-refractivity contribution is -0.125. The number of rotatable bonds is 6. The van der Waals surface area contributed by atoms with E-state index in [1.54, 1.807) is 24.3 Å². The maximum absolute atomic E-state index is 13.2. The molecule has 150 valence electrons. The number of halogens is 2. The van der Waals surface area contributed by atoms with Crippen LogP contribution in [0.5, 0.6) is 0 Å².